The second kappa shape index (κ2) is 18.5. The van der Waals surface area contributed by atoms with E-state index in [9.17, 15) is 9.59 Å². The molecule has 2 amide bonds. The summed E-state index contributed by atoms with van der Waals surface area (Å²) >= 11 is 0. The molecule has 2 N–H and O–H groups in total. The van der Waals surface area contributed by atoms with Crippen molar-refractivity contribution in [3.05, 3.63) is 60.7 Å². The highest BCUT2D eigenvalue weighted by Crippen LogP contribution is 2.30. The van der Waals surface area contributed by atoms with E-state index in [0.29, 0.717) is 12.3 Å². The molecule has 218 valence electrons. The van der Waals surface area contributed by atoms with Gasteiger partial charge in [0.15, 0.2) is 0 Å². The van der Waals surface area contributed by atoms with Crippen molar-refractivity contribution >= 4 is 22.7 Å². The quantitative estimate of drug-likeness (QED) is 0.131. The second-order valence-corrected chi connectivity index (χ2v) is 11.6. The number of carbonyl (C=O) groups is 2. The number of rotatable bonds is 17. The second-order valence-electron chi connectivity index (χ2n) is 11.6. The van der Waals surface area contributed by atoms with Crippen LogP contribution in [0.2, 0.25) is 0 Å². The van der Waals surface area contributed by atoms with Gasteiger partial charge in [0.05, 0.1) is 0 Å². The van der Waals surface area contributed by atoms with Gasteiger partial charge in [-0.2, -0.15) is 0 Å². The minimum absolute atomic E-state index is 0.0193. The van der Waals surface area contributed by atoms with Gasteiger partial charge in [-0.25, -0.2) is 0 Å². The molecule has 1 fully saturated rings. The molecule has 0 aliphatic carbocycles. The van der Waals surface area contributed by atoms with E-state index in [-0.39, 0.29) is 17.7 Å². The van der Waals surface area contributed by atoms with Crippen molar-refractivity contribution in [1.29, 1.82) is 0 Å². The normalized spacial score (nSPS) is 15.6. The van der Waals surface area contributed by atoms with Crippen LogP contribution in [0.5, 0.6) is 0 Å². The van der Waals surface area contributed by atoms with Gasteiger partial charge in [-0.15, -0.1) is 0 Å². The van der Waals surface area contributed by atoms with Gasteiger partial charge in [-0.1, -0.05) is 146 Å². The van der Waals surface area contributed by atoms with Gasteiger partial charge in [-0.05, 0) is 36.5 Å². The molecule has 0 saturated carbocycles. The van der Waals surface area contributed by atoms with E-state index in [2.05, 4.69) is 72.7 Å². The molecule has 2 atom stereocenters. The fourth-order valence-corrected chi connectivity index (χ4v) is 5.88. The molecule has 2 heterocycles. The summed E-state index contributed by atoms with van der Waals surface area (Å²) in [5, 5.41) is 3.75. The number of nitrogens with one attached hydrogen (secondary N) is 2. The first-order chi connectivity index (χ1) is 19.6. The molecule has 1 aromatic heterocycles. The number of unbranched alkanes of at least 4 members (excludes halogenated alkanes) is 11. The lowest BCUT2D eigenvalue weighted by Gasteiger charge is -2.20. The third kappa shape index (κ3) is 10.9. The van der Waals surface area contributed by atoms with Gasteiger partial charge in [0, 0.05) is 28.9 Å². The Balaban J connectivity index is 0.000000246. The molecule has 0 radical (unpaired) electrons. The summed E-state index contributed by atoms with van der Waals surface area (Å²) in [4.78, 5) is 26.8. The number of benzene rings is 2. The molecule has 2 aromatic carbocycles. The van der Waals surface area contributed by atoms with Crippen molar-refractivity contribution < 1.29 is 9.59 Å². The number of H-pyrrole nitrogens is 1. The van der Waals surface area contributed by atoms with Crippen molar-refractivity contribution in [1.82, 2.24) is 10.3 Å². The highest BCUT2D eigenvalue weighted by Gasteiger charge is 2.35. The van der Waals surface area contributed by atoms with E-state index < -0.39 is 0 Å². The number of fused-ring (bicyclic) bond motifs is 1. The lowest BCUT2D eigenvalue weighted by molar-refractivity contribution is -0.126. The first kappa shape index (κ1) is 31.6. The number of hydrogen-bond acceptors (Lipinski definition) is 2. The average Bonchev–Trinajstić information content (AvgIpc) is 3.56. The molecule has 0 bridgehead atoms. The predicted octanol–water partition coefficient (Wildman–Crippen LogP) is 9.99. The standard InChI is InChI=1S/C22H41NO2.C14H11N/c1-3-5-7-8-9-10-11-12-13-14-15-17-19(16-6-4-2)20-18-21(24)23-22(20)25;1-2-6-11(7-3-1)14-10-12-8-4-5-9-13(12)15-14/h19-20H,3-18H2,1-2H3,(H,23,24,25);1-10,15H. The number of amides is 2. The van der Waals surface area contributed by atoms with Crippen molar-refractivity contribution in [2.24, 2.45) is 11.8 Å². The molecule has 40 heavy (non-hydrogen) atoms. The molecule has 3 aromatic rings. The maximum Gasteiger partial charge on any atom is 0.230 e. The Morgan fingerprint density at radius 1 is 0.700 bits per heavy atom. The van der Waals surface area contributed by atoms with E-state index in [1.165, 1.54) is 99.2 Å². The van der Waals surface area contributed by atoms with Gasteiger partial charge < -0.3 is 4.98 Å². The summed E-state index contributed by atoms with van der Waals surface area (Å²) in [5.41, 5.74) is 3.60. The van der Waals surface area contributed by atoms with Crippen LogP contribution in [-0.4, -0.2) is 16.8 Å². The van der Waals surface area contributed by atoms with Gasteiger partial charge >= 0.3 is 0 Å². The molecular formula is C36H52N2O2. The van der Waals surface area contributed by atoms with E-state index in [4.69, 9.17) is 0 Å². The topological polar surface area (TPSA) is 62.0 Å². The highest BCUT2D eigenvalue weighted by molar-refractivity contribution is 6.03. The summed E-state index contributed by atoms with van der Waals surface area (Å²) in [6.45, 7) is 4.46. The number of carbonyl (C=O) groups excluding carboxylic acids is 2. The number of imide groups is 1. The van der Waals surface area contributed by atoms with E-state index in [0.717, 1.165) is 19.3 Å². The van der Waals surface area contributed by atoms with Gasteiger partial charge in [-0.3, -0.25) is 14.9 Å². The van der Waals surface area contributed by atoms with Gasteiger partial charge in [0.2, 0.25) is 11.8 Å². The molecule has 4 heteroatoms. The molecule has 1 aliphatic rings. The Hall–Kier alpha value is -2.88. The molecular weight excluding hydrogens is 492 g/mol. The molecule has 4 rings (SSSR count). The van der Waals surface area contributed by atoms with E-state index in [1.807, 2.05) is 12.1 Å². The minimum atomic E-state index is -0.0737. The molecule has 0 spiro atoms. The van der Waals surface area contributed by atoms with Crippen LogP contribution in [0.15, 0.2) is 60.7 Å². The number of hydrogen-bond donors (Lipinski definition) is 2. The zero-order valence-electron chi connectivity index (χ0n) is 25.1. The predicted molar refractivity (Wildman–Crippen MR) is 169 cm³/mol. The van der Waals surface area contributed by atoms with Crippen LogP contribution in [0.25, 0.3) is 22.2 Å². The third-order valence-corrected chi connectivity index (χ3v) is 8.30. The summed E-state index contributed by atoms with van der Waals surface area (Å²) in [6, 6.07) is 20.9. The van der Waals surface area contributed by atoms with Crippen LogP contribution >= 0.6 is 0 Å². The smallest absolute Gasteiger partial charge is 0.230 e. The minimum Gasteiger partial charge on any atom is -0.355 e. The van der Waals surface area contributed by atoms with Gasteiger partial charge in [0.25, 0.3) is 0 Å². The Morgan fingerprint density at radius 3 is 1.88 bits per heavy atom. The molecule has 2 unspecified atom stereocenters. The first-order valence-electron chi connectivity index (χ1n) is 16.1. The van der Waals surface area contributed by atoms with E-state index >= 15 is 0 Å². The summed E-state index contributed by atoms with van der Waals surface area (Å²) < 4.78 is 0. The summed E-state index contributed by atoms with van der Waals surface area (Å²) in [6.07, 6.45) is 19.9. The number of aromatic amines is 1. The monoisotopic (exact) mass is 544 g/mol. The van der Waals surface area contributed by atoms with Crippen LogP contribution in [0, 0.1) is 11.8 Å². The lowest BCUT2D eigenvalue weighted by atomic mass is 9.83. The fourth-order valence-electron chi connectivity index (χ4n) is 5.88. The van der Waals surface area contributed by atoms with Crippen molar-refractivity contribution in [3.63, 3.8) is 0 Å². The Labute approximate surface area is 242 Å². The summed E-state index contributed by atoms with van der Waals surface area (Å²) in [7, 11) is 0. The SMILES string of the molecule is CCCCCCCCCCCCCC(CCCC)C1CC(=O)NC1=O.c1ccc(-c2cc3ccccc3[nH]2)cc1. The Kier molecular flexibility index (Phi) is 14.6. The maximum atomic E-state index is 12.0. The maximum absolute atomic E-state index is 12.0. The van der Waals surface area contributed by atoms with Crippen molar-refractivity contribution in [2.45, 2.75) is 117 Å². The van der Waals surface area contributed by atoms with Crippen molar-refractivity contribution in [2.75, 3.05) is 0 Å². The van der Waals surface area contributed by atoms with Crippen LogP contribution in [-0.2, 0) is 9.59 Å². The molecule has 4 nitrogen and oxygen atoms in total. The van der Waals surface area contributed by atoms with Crippen LogP contribution in [0.4, 0.5) is 0 Å². The Morgan fingerprint density at radius 2 is 1.27 bits per heavy atom. The van der Waals surface area contributed by atoms with Crippen LogP contribution < -0.4 is 5.32 Å². The van der Waals surface area contributed by atoms with Crippen molar-refractivity contribution in [3.8, 4) is 11.3 Å². The van der Waals surface area contributed by atoms with Gasteiger partial charge in [0.1, 0.15) is 0 Å². The Bertz CT molecular complexity index is 1090. The highest BCUT2D eigenvalue weighted by atomic mass is 16.2. The summed E-state index contributed by atoms with van der Waals surface area (Å²) in [5.74, 6) is 0.261. The first-order valence-corrected chi connectivity index (χ1v) is 16.1. The lowest BCUT2D eigenvalue weighted by Crippen LogP contribution is -2.26. The average molecular weight is 545 g/mol. The number of aromatic nitrogens is 1. The largest absolute Gasteiger partial charge is 0.355 e. The van der Waals surface area contributed by atoms with Crippen LogP contribution in [0.1, 0.15) is 117 Å². The zero-order chi connectivity index (χ0) is 28.4. The van der Waals surface area contributed by atoms with E-state index in [1.54, 1.807) is 0 Å². The third-order valence-electron chi connectivity index (χ3n) is 8.30. The fraction of sp³-hybridized carbons (Fsp3) is 0.556. The number of para-hydroxylation sites is 1. The molecule has 1 aliphatic heterocycles. The molecule has 1 saturated heterocycles. The van der Waals surface area contributed by atoms with Crippen LogP contribution in [0.3, 0.4) is 0 Å². The zero-order valence-corrected chi connectivity index (χ0v) is 25.1.